The Bertz CT molecular complexity index is 485. The summed E-state index contributed by atoms with van der Waals surface area (Å²) in [7, 11) is 0. The minimum atomic E-state index is -1.36. The quantitative estimate of drug-likeness (QED) is 0.465. The molecule has 0 spiro atoms. The summed E-state index contributed by atoms with van der Waals surface area (Å²) >= 11 is 0. The van der Waals surface area contributed by atoms with Crippen molar-refractivity contribution in [3.05, 3.63) is 0 Å². The first-order valence-corrected chi connectivity index (χ1v) is 7.78. The molecular formula is C14H23N3O6. The maximum absolute atomic E-state index is 12.2. The predicted octanol–water partition coefficient (Wildman–Crippen LogP) is 0.843. The van der Waals surface area contributed by atoms with Gasteiger partial charge in [0.15, 0.2) is 0 Å². The van der Waals surface area contributed by atoms with Crippen molar-refractivity contribution in [1.82, 2.24) is 15.3 Å². The molecule has 0 bridgehead atoms. The summed E-state index contributed by atoms with van der Waals surface area (Å²) in [6, 6.07) is -0.283. The number of cyclic esters (lactones) is 1. The summed E-state index contributed by atoms with van der Waals surface area (Å²) in [5.41, 5.74) is 0.943. The van der Waals surface area contributed by atoms with Crippen molar-refractivity contribution in [2.75, 3.05) is 26.3 Å². The minimum Gasteiger partial charge on any atom is -0.449 e. The molecule has 23 heavy (non-hydrogen) atoms. The van der Waals surface area contributed by atoms with E-state index in [9.17, 15) is 14.4 Å². The molecule has 2 aliphatic rings. The maximum atomic E-state index is 12.2. The predicted molar refractivity (Wildman–Crippen MR) is 78.1 cm³/mol. The normalized spacial score (nSPS) is 26.9. The lowest BCUT2D eigenvalue weighted by Gasteiger charge is -2.45. The average Bonchev–Trinajstić information content (AvgIpc) is 2.93. The Morgan fingerprint density at radius 3 is 2.74 bits per heavy atom. The molecule has 0 aromatic carbocycles. The lowest BCUT2D eigenvalue weighted by molar-refractivity contribution is -0.207. The van der Waals surface area contributed by atoms with Crippen molar-refractivity contribution in [1.29, 1.82) is 0 Å². The summed E-state index contributed by atoms with van der Waals surface area (Å²) < 4.78 is 15.2. The van der Waals surface area contributed by atoms with E-state index in [1.54, 1.807) is 20.8 Å². The molecular weight excluding hydrogens is 306 g/mol. The van der Waals surface area contributed by atoms with Gasteiger partial charge < -0.3 is 14.2 Å². The van der Waals surface area contributed by atoms with Crippen LogP contribution in [-0.4, -0.2) is 66.1 Å². The number of fused-ring (bicyclic) bond motifs is 1. The van der Waals surface area contributed by atoms with Crippen molar-refractivity contribution >= 4 is 18.2 Å². The van der Waals surface area contributed by atoms with Gasteiger partial charge in [-0.25, -0.2) is 15.0 Å². The van der Waals surface area contributed by atoms with Crippen LogP contribution in [0.15, 0.2) is 0 Å². The summed E-state index contributed by atoms with van der Waals surface area (Å²) in [5, 5.41) is 0.890. The Morgan fingerprint density at radius 1 is 1.39 bits per heavy atom. The van der Waals surface area contributed by atoms with Crippen LogP contribution >= 0.6 is 0 Å². The van der Waals surface area contributed by atoms with Crippen LogP contribution in [0.25, 0.3) is 0 Å². The van der Waals surface area contributed by atoms with E-state index >= 15 is 0 Å². The van der Waals surface area contributed by atoms with Crippen molar-refractivity contribution in [2.24, 2.45) is 0 Å². The average molecular weight is 329 g/mol. The third kappa shape index (κ3) is 3.66. The van der Waals surface area contributed by atoms with Crippen LogP contribution in [0.2, 0.25) is 0 Å². The standard InChI is InChI=1S/C14H23N3O6/c1-4-21-12(19)15-17(13(20)22-5-2)14(3)9-16-8-6-7-10(16)11(18)23-14/h10H,4-9H2,1-3H3,(H,15,19)/t10-,14?/m0/s1. The molecule has 130 valence electrons. The highest BCUT2D eigenvalue weighted by Crippen LogP contribution is 2.31. The number of esters is 1. The van der Waals surface area contributed by atoms with Gasteiger partial charge in [-0.3, -0.25) is 9.69 Å². The topological polar surface area (TPSA) is 97.4 Å². The van der Waals surface area contributed by atoms with Crippen LogP contribution in [0.5, 0.6) is 0 Å². The van der Waals surface area contributed by atoms with Gasteiger partial charge in [-0.15, -0.1) is 0 Å². The second-order valence-electron chi connectivity index (χ2n) is 5.59. The van der Waals surface area contributed by atoms with Crippen molar-refractivity contribution in [2.45, 2.75) is 45.4 Å². The lowest BCUT2D eigenvalue weighted by atomic mass is 10.1. The molecule has 0 aromatic heterocycles. The number of carbonyl (C=O) groups excluding carboxylic acids is 3. The van der Waals surface area contributed by atoms with E-state index in [4.69, 9.17) is 14.2 Å². The van der Waals surface area contributed by atoms with Crippen LogP contribution in [0, 0.1) is 0 Å². The second-order valence-corrected chi connectivity index (χ2v) is 5.59. The highest BCUT2D eigenvalue weighted by molar-refractivity contribution is 5.79. The van der Waals surface area contributed by atoms with Crippen LogP contribution in [-0.2, 0) is 19.0 Å². The van der Waals surface area contributed by atoms with E-state index in [0.29, 0.717) is 0 Å². The van der Waals surface area contributed by atoms with E-state index in [1.807, 2.05) is 4.90 Å². The van der Waals surface area contributed by atoms with Crippen LogP contribution in [0.1, 0.15) is 33.6 Å². The molecule has 0 aliphatic carbocycles. The van der Waals surface area contributed by atoms with Gasteiger partial charge in [0.1, 0.15) is 6.04 Å². The van der Waals surface area contributed by atoms with Gasteiger partial charge in [-0.2, -0.15) is 5.01 Å². The molecule has 2 heterocycles. The molecule has 0 radical (unpaired) electrons. The van der Waals surface area contributed by atoms with Gasteiger partial charge in [0.25, 0.3) is 0 Å². The Morgan fingerprint density at radius 2 is 2.09 bits per heavy atom. The van der Waals surface area contributed by atoms with Crippen molar-refractivity contribution in [3.8, 4) is 0 Å². The highest BCUT2D eigenvalue weighted by atomic mass is 16.6. The fourth-order valence-electron chi connectivity index (χ4n) is 2.89. The Hall–Kier alpha value is -2.03. The van der Waals surface area contributed by atoms with Gasteiger partial charge in [-0.1, -0.05) is 0 Å². The van der Waals surface area contributed by atoms with E-state index in [1.165, 1.54) is 0 Å². The van der Waals surface area contributed by atoms with Crippen LogP contribution in [0.4, 0.5) is 9.59 Å². The molecule has 9 nitrogen and oxygen atoms in total. The van der Waals surface area contributed by atoms with Crippen LogP contribution < -0.4 is 5.43 Å². The third-order valence-electron chi connectivity index (χ3n) is 3.85. The number of hydrazine groups is 1. The lowest BCUT2D eigenvalue weighted by Crippen LogP contribution is -2.68. The number of morpholine rings is 1. The molecule has 0 saturated carbocycles. The number of carbonyl (C=O) groups is 3. The Balaban J connectivity index is 2.20. The molecule has 2 saturated heterocycles. The zero-order valence-electron chi connectivity index (χ0n) is 13.7. The van der Waals surface area contributed by atoms with E-state index in [-0.39, 0.29) is 25.8 Å². The smallest absolute Gasteiger partial charge is 0.432 e. The molecule has 1 unspecified atom stereocenters. The second kappa shape index (κ2) is 7.03. The largest absolute Gasteiger partial charge is 0.449 e. The van der Waals surface area contributed by atoms with Crippen molar-refractivity contribution in [3.63, 3.8) is 0 Å². The van der Waals surface area contributed by atoms with Crippen molar-refractivity contribution < 1.29 is 28.6 Å². The SMILES string of the molecule is CCOC(=O)NN(C(=O)OCC)C1(C)CN2CCC[C@H]2C(=O)O1. The van der Waals surface area contributed by atoms with Gasteiger partial charge >= 0.3 is 18.2 Å². The highest BCUT2D eigenvalue weighted by Gasteiger charge is 2.51. The van der Waals surface area contributed by atoms with Gasteiger partial charge in [-0.05, 0) is 40.2 Å². The Kier molecular flexibility index (Phi) is 5.30. The fraction of sp³-hybridized carbons (Fsp3) is 0.786. The van der Waals surface area contributed by atoms with E-state index in [2.05, 4.69) is 5.43 Å². The molecule has 2 amide bonds. The first-order chi connectivity index (χ1) is 10.9. The zero-order valence-corrected chi connectivity index (χ0v) is 13.7. The number of hydrogen-bond acceptors (Lipinski definition) is 7. The first kappa shape index (κ1) is 17.3. The number of rotatable bonds is 3. The van der Waals surface area contributed by atoms with E-state index in [0.717, 1.165) is 24.4 Å². The Labute approximate surface area is 134 Å². The molecule has 0 aromatic rings. The third-order valence-corrected chi connectivity index (χ3v) is 3.85. The molecule has 2 aliphatic heterocycles. The van der Waals surface area contributed by atoms with E-state index < -0.39 is 23.9 Å². The monoisotopic (exact) mass is 329 g/mol. The molecule has 2 rings (SSSR count). The maximum Gasteiger partial charge on any atom is 0.432 e. The number of nitrogens with one attached hydrogen (secondary N) is 1. The zero-order chi connectivity index (χ0) is 17.0. The van der Waals surface area contributed by atoms with Gasteiger partial charge in [0.2, 0.25) is 5.72 Å². The molecule has 9 heteroatoms. The first-order valence-electron chi connectivity index (χ1n) is 7.78. The molecule has 1 N–H and O–H groups in total. The summed E-state index contributed by atoms with van der Waals surface area (Å²) in [5.74, 6) is -0.406. The van der Waals surface area contributed by atoms with Gasteiger partial charge in [0, 0.05) is 0 Å². The van der Waals surface area contributed by atoms with Gasteiger partial charge in [0.05, 0.1) is 19.8 Å². The number of nitrogens with zero attached hydrogens (tertiary/aromatic N) is 2. The summed E-state index contributed by atoms with van der Waals surface area (Å²) in [6.45, 7) is 6.14. The number of amides is 2. The molecule has 2 fully saturated rings. The molecule has 2 atom stereocenters. The number of hydrogen-bond donors (Lipinski definition) is 1. The van der Waals surface area contributed by atoms with Crippen LogP contribution in [0.3, 0.4) is 0 Å². The fourth-order valence-corrected chi connectivity index (χ4v) is 2.89. The number of ether oxygens (including phenoxy) is 3. The summed E-state index contributed by atoms with van der Waals surface area (Å²) in [4.78, 5) is 38.1. The summed E-state index contributed by atoms with van der Waals surface area (Å²) in [6.07, 6.45) is -0.00457. The minimum absolute atomic E-state index is 0.121.